The summed E-state index contributed by atoms with van der Waals surface area (Å²) in [5.74, 6) is -3.13. The zero-order chi connectivity index (χ0) is 17.4. The minimum absolute atomic E-state index is 0.111. The molecule has 2 rings (SSSR count). The Morgan fingerprint density at radius 2 is 1.78 bits per heavy atom. The monoisotopic (exact) mass is 321 g/mol. The van der Waals surface area contributed by atoms with Crippen molar-refractivity contribution in [3.63, 3.8) is 0 Å². The summed E-state index contributed by atoms with van der Waals surface area (Å²) in [6, 6.07) is 3.97. The van der Waals surface area contributed by atoms with Crippen LogP contribution in [0, 0.1) is 6.92 Å². The second-order valence-corrected chi connectivity index (χ2v) is 5.38. The molecule has 0 spiro atoms. The number of hydrogen-bond acceptors (Lipinski definition) is 6. The zero-order valence-corrected chi connectivity index (χ0v) is 12.2. The maximum atomic E-state index is 11.6. The Bertz CT molecular complexity index is 837. The van der Waals surface area contributed by atoms with Gasteiger partial charge in [-0.05, 0) is 24.6 Å². The minimum Gasteiger partial charge on any atom is -0.507 e. The van der Waals surface area contributed by atoms with Gasteiger partial charge in [0.25, 0.3) is 0 Å². The van der Waals surface area contributed by atoms with Gasteiger partial charge in [-0.25, -0.2) is 4.79 Å². The standard InChI is InChI=1S/C15H15NO7/c1-7-4-12(22)23-14-8(7)2-3-9(17)13(14)15(16,5-10(18)19)6-11(20)21/h2-4,17H,5-6,16H2,1H3,(H,18,19)(H,20,21). The number of fused-ring (bicyclic) bond motifs is 1. The molecule has 2 aromatic rings. The Labute approximate surface area is 129 Å². The quantitative estimate of drug-likeness (QED) is 0.593. The van der Waals surface area contributed by atoms with Crippen LogP contribution in [0.4, 0.5) is 0 Å². The van der Waals surface area contributed by atoms with Gasteiger partial charge in [0.2, 0.25) is 0 Å². The maximum Gasteiger partial charge on any atom is 0.336 e. The average Bonchev–Trinajstić information content (AvgIpc) is 2.34. The molecule has 0 saturated carbocycles. The number of hydrogen-bond donors (Lipinski definition) is 4. The molecule has 1 heterocycles. The van der Waals surface area contributed by atoms with Crippen LogP contribution in [0.15, 0.2) is 27.4 Å². The van der Waals surface area contributed by atoms with Gasteiger partial charge < -0.3 is 25.5 Å². The van der Waals surface area contributed by atoms with Gasteiger partial charge in [0.05, 0.1) is 23.9 Å². The van der Waals surface area contributed by atoms with Crippen molar-refractivity contribution in [1.82, 2.24) is 0 Å². The summed E-state index contributed by atoms with van der Waals surface area (Å²) in [4.78, 5) is 33.8. The van der Waals surface area contributed by atoms with E-state index in [2.05, 4.69) is 0 Å². The second-order valence-electron chi connectivity index (χ2n) is 5.38. The molecule has 1 aromatic heterocycles. The summed E-state index contributed by atoms with van der Waals surface area (Å²) in [6.45, 7) is 1.63. The first-order valence-electron chi connectivity index (χ1n) is 6.63. The van der Waals surface area contributed by atoms with Crippen LogP contribution in [-0.2, 0) is 15.1 Å². The highest BCUT2D eigenvalue weighted by Crippen LogP contribution is 2.38. The van der Waals surface area contributed by atoms with Crippen molar-refractivity contribution in [2.45, 2.75) is 25.3 Å². The Morgan fingerprint density at radius 3 is 2.30 bits per heavy atom. The summed E-state index contributed by atoms with van der Waals surface area (Å²) >= 11 is 0. The van der Waals surface area contributed by atoms with Crippen LogP contribution >= 0.6 is 0 Å². The molecule has 0 aliphatic rings. The van der Waals surface area contributed by atoms with Crippen LogP contribution < -0.4 is 11.4 Å². The maximum absolute atomic E-state index is 11.6. The molecular weight excluding hydrogens is 306 g/mol. The SMILES string of the molecule is Cc1cc(=O)oc2c(C(N)(CC(=O)O)CC(=O)O)c(O)ccc12. The molecule has 0 atom stereocenters. The lowest BCUT2D eigenvalue weighted by molar-refractivity contribution is -0.141. The van der Waals surface area contributed by atoms with Gasteiger partial charge in [-0.2, -0.15) is 0 Å². The zero-order valence-electron chi connectivity index (χ0n) is 12.2. The van der Waals surface area contributed by atoms with Crippen LogP contribution in [0.5, 0.6) is 5.75 Å². The van der Waals surface area contributed by atoms with Gasteiger partial charge in [-0.1, -0.05) is 0 Å². The normalized spacial score (nSPS) is 11.6. The molecule has 0 bridgehead atoms. The largest absolute Gasteiger partial charge is 0.507 e. The van der Waals surface area contributed by atoms with Crippen LogP contribution in [0.1, 0.15) is 24.0 Å². The third-order valence-electron chi connectivity index (χ3n) is 3.53. The van der Waals surface area contributed by atoms with Crippen molar-refractivity contribution in [1.29, 1.82) is 0 Å². The van der Waals surface area contributed by atoms with Gasteiger partial charge in [0.1, 0.15) is 11.3 Å². The van der Waals surface area contributed by atoms with Crippen LogP contribution in [0.2, 0.25) is 0 Å². The molecule has 8 heteroatoms. The van der Waals surface area contributed by atoms with Crippen molar-refractivity contribution in [2.75, 3.05) is 0 Å². The summed E-state index contributed by atoms with van der Waals surface area (Å²) in [5, 5.41) is 28.7. The van der Waals surface area contributed by atoms with E-state index in [0.29, 0.717) is 10.9 Å². The Kier molecular flexibility index (Phi) is 4.11. The molecule has 0 aliphatic heterocycles. The second kappa shape index (κ2) is 5.73. The molecule has 1 aromatic carbocycles. The number of benzene rings is 1. The van der Waals surface area contributed by atoms with E-state index >= 15 is 0 Å². The molecule has 0 fully saturated rings. The number of carbonyl (C=O) groups is 2. The number of aliphatic carboxylic acids is 2. The molecule has 0 amide bonds. The Hall–Kier alpha value is -2.87. The highest BCUT2D eigenvalue weighted by atomic mass is 16.4. The Balaban J connectivity index is 2.86. The van der Waals surface area contributed by atoms with Crippen molar-refractivity contribution < 1.29 is 29.3 Å². The lowest BCUT2D eigenvalue weighted by Gasteiger charge is -2.28. The third-order valence-corrected chi connectivity index (χ3v) is 3.53. The highest BCUT2D eigenvalue weighted by Gasteiger charge is 2.38. The summed E-state index contributed by atoms with van der Waals surface area (Å²) in [5.41, 5.74) is 3.57. The smallest absolute Gasteiger partial charge is 0.336 e. The van der Waals surface area contributed by atoms with Crippen LogP contribution in [0.25, 0.3) is 11.0 Å². The van der Waals surface area contributed by atoms with Crippen LogP contribution in [0.3, 0.4) is 0 Å². The van der Waals surface area contributed by atoms with Crippen molar-refractivity contribution >= 4 is 22.9 Å². The number of carboxylic acid groups (broad SMARTS) is 2. The number of phenolic OH excluding ortho intramolecular Hbond substituents is 1. The first-order chi connectivity index (χ1) is 10.6. The van der Waals surface area contributed by atoms with E-state index in [-0.39, 0.29) is 11.1 Å². The number of aryl methyl sites for hydroxylation is 1. The van der Waals surface area contributed by atoms with E-state index in [4.69, 9.17) is 20.4 Å². The first kappa shape index (κ1) is 16.5. The van der Waals surface area contributed by atoms with Gasteiger partial charge in [-0.15, -0.1) is 0 Å². The predicted octanol–water partition coefficient (Wildman–Crippen LogP) is 0.910. The third kappa shape index (κ3) is 3.16. The van der Waals surface area contributed by atoms with Gasteiger partial charge in [-0.3, -0.25) is 9.59 Å². The van der Waals surface area contributed by atoms with Gasteiger partial charge in [0.15, 0.2) is 0 Å². The molecule has 0 aliphatic carbocycles. The van der Waals surface area contributed by atoms with Gasteiger partial charge in [0, 0.05) is 11.5 Å². The number of phenols is 1. The fourth-order valence-corrected chi connectivity index (χ4v) is 2.63. The van der Waals surface area contributed by atoms with E-state index in [0.717, 1.165) is 0 Å². The molecule has 0 unspecified atom stereocenters. The molecule has 23 heavy (non-hydrogen) atoms. The first-order valence-corrected chi connectivity index (χ1v) is 6.63. The molecule has 0 saturated heterocycles. The number of aromatic hydroxyl groups is 1. The highest BCUT2D eigenvalue weighted by molar-refractivity contribution is 5.87. The van der Waals surface area contributed by atoms with Crippen molar-refractivity contribution in [3.8, 4) is 5.75 Å². The fourth-order valence-electron chi connectivity index (χ4n) is 2.63. The molecule has 5 N–H and O–H groups in total. The molecule has 8 nitrogen and oxygen atoms in total. The molecular formula is C15H15NO7. The lowest BCUT2D eigenvalue weighted by atomic mass is 9.82. The molecule has 122 valence electrons. The molecule has 0 radical (unpaired) electrons. The lowest BCUT2D eigenvalue weighted by Crippen LogP contribution is -2.41. The van der Waals surface area contributed by atoms with Gasteiger partial charge >= 0.3 is 17.6 Å². The van der Waals surface area contributed by atoms with E-state index < -0.39 is 41.7 Å². The van der Waals surface area contributed by atoms with E-state index in [1.54, 1.807) is 6.92 Å². The summed E-state index contributed by atoms with van der Waals surface area (Å²) in [6.07, 6.45) is -1.52. The van der Waals surface area contributed by atoms with Crippen LogP contribution in [-0.4, -0.2) is 27.3 Å². The van der Waals surface area contributed by atoms with E-state index in [1.165, 1.54) is 18.2 Å². The topological polar surface area (TPSA) is 151 Å². The fraction of sp³-hybridized carbons (Fsp3) is 0.267. The summed E-state index contributed by atoms with van der Waals surface area (Å²) in [7, 11) is 0. The average molecular weight is 321 g/mol. The number of rotatable bonds is 5. The Morgan fingerprint density at radius 1 is 1.22 bits per heavy atom. The summed E-state index contributed by atoms with van der Waals surface area (Å²) < 4.78 is 5.08. The predicted molar refractivity (Wildman–Crippen MR) is 79.3 cm³/mol. The minimum atomic E-state index is -1.94. The van der Waals surface area contributed by atoms with E-state index in [1.807, 2.05) is 0 Å². The van der Waals surface area contributed by atoms with E-state index in [9.17, 15) is 19.5 Å². The van der Waals surface area contributed by atoms with Crippen molar-refractivity contribution in [2.24, 2.45) is 5.73 Å². The van der Waals surface area contributed by atoms with Crippen molar-refractivity contribution in [3.05, 3.63) is 39.7 Å². The number of nitrogens with two attached hydrogens (primary N) is 1. The number of carboxylic acids is 2.